The van der Waals surface area contributed by atoms with Crippen molar-refractivity contribution in [1.82, 2.24) is 5.32 Å². The Labute approximate surface area is 109 Å². The molecule has 2 nitrogen and oxygen atoms in total. The molecule has 0 bridgehead atoms. The number of thiophene rings is 1. The summed E-state index contributed by atoms with van der Waals surface area (Å²) in [6, 6.07) is 2.77. The average Bonchev–Trinajstić information content (AvgIpc) is 2.85. The molecule has 1 aliphatic rings. The molecule has 0 amide bonds. The van der Waals surface area contributed by atoms with E-state index >= 15 is 0 Å². The lowest BCUT2D eigenvalue weighted by molar-refractivity contribution is 0.177. The van der Waals surface area contributed by atoms with E-state index in [4.69, 9.17) is 4.74 Å². The largest absolute Gasteiger partial charge is 0.381 e. The summed E-state index contributed by atoms with van der Waals surface area (Å²) in [5, 5.41) is 5.85. The van der Waals surface area contributed by atoms with Gasteiger partial charge in [0.05, 0.1) is 9.49 Å². The van der Waals surface area contributed by atoms with Crippen LogP contribution in [0.15, 0.2) is 11.4 Å². The lowest BCUT2D eigenvalue weighted by Crippen LogP contribution is -2.28. The zero-order valence-corrected chi connectivity index (χ0v) is 11.8. The zero-order chi connectivity index (χ0) is 10.7. The molecule has 2 unspecified atom stereocenters. The van der Waals surface area contributed by atoms with Crippen LogP contribution in [0.1, 0.15) is 24.9 Å². The van der Waals surface area contributed by atoms with Gasteiger partial charge in [0.25, 0.3) is 0 Å². The first kappa shape index (κ1) is 11.8. The third-order valence-electron chi connectivity index (χ3n) is 2.81. The Bertz CT molecular complexity index is 309. The van der Waals surface area contributed by atoms with Crippen LogP contribution in [0, 0.1) is 8.80 Å². The van der Waals surface area contributed by atoms with Crippen molar-refractivity contribution < 1.29 is 4.74 Å². The van der Waals surface area contributed by atoms with Crippen LogP contribution in [0.5, 0.6) is 0 Å². The van der Waals surface area contributed by atoms with Crippen LogP contribution in [0.4, 0.5) is 0 Å². The van der Waals surface area contributed by atoms with Crippen molar-refractivity contribution in [2.75, 3.05) is 19.8 Å². The second-order valence-electron chi connectivity index (χ2n) is 3.84. The molecular weight excluding hydrogens is 321 g/mol. The molecule has 84 valence electrons. The smallest absolute Gasteiger partial charge is 0.0656 e. The number of halogens is 1. The van der Waals surface area contributed by atoms with Gasteiger partial charge in [-0.3, -0.25) is 0 Å². The molecular formula is C11H16INOS. The molecule has 1 fully saturated rings. The van der Waals surface area contributed by atoms with Gasteiger partial charge in [-0.05, 0) is 52.6 Å². The van der Waals surface area contributed by atoms with Gasteiger partial charge in [0.15, 0.2) is 0 Å². The quantitative estimate of drug-likeness (QED) is 0.853. The molecule has 0 aromatic carbocycles. The van der Waals surface area contributed by atoms with Crippen molar-refractivity contribution in [2.45, 2.75) is 19.4 Å². The fourth-order valence-corrected chi connectivity index (χ4v) is 3.49. The first-order chi connectivity index (χ1) is 7.31. The van der Waals surface area contributed by atoms with E-state index in [1.165, 1.54) is 14.9 Å². The van der Waals surface area contributed by atoms with Crippen LogP contribution < -0.4 is 5.32 Å². The lowest BCUT2D eigenvalue weighted by Gasteiger charge is -2.22. The maximum Gasteiger partial charge on any atom is 0.0656 e. The number of hydrogen-bond acceptors (Lipinski definition) is 3. The summed E-state index contributed by atoms with van der Waals surface area (Å²) in [5.41, 5.74) is 1.43. The number of rotatable bonds is 4. The maximum absolute atomic E-state index is 5.47. The maximum atomic E-state index is 5.47. The number of nitrogens with one attached hydrogen (secondary N) is 1. The second kappa shape index (κ2) is 5.61. The predicted molar refractivity (Wildman–Crippen MR) is 72.4 cm³/mol. The molecule has 0 radical (unpaired) electrons. The normalized spacial score (nSPS) is 23.2. The third kappa shape index (κ3) is 2.93. The number of hydrogen-bond donors (Lipinski definition) is 1. The van der Waals surface area contributed by atoms with Gasteiger partial charge >= 0.3 is 0 Å². The van der Waals surface area contributed by atoms with E-state index < -0.39 is 0 Å². The Morgan fingerprint density at radius 3 is 3.13 bits per heavy atom. The van der Waals surface area contributed by atoms with Gasteiger partial charge < -0.3 is 10.1 Å². The summed E-state index contributed by atoms with van der Waals surface area (Å²) < 4.78 is 6.84. The van der Waals surface area contributed by atoms with Crippen molar-refractivity contribution in [2.24, 2.45) is 5.92 Å². The molecule has 0 saturated carbocycles. The molecule has 4 heteroatoms. The zero-order valence-electron chi connectivity index (χ0n) is 8.83. The molecule has 15 heavy (non-hydrogen) atoms. The highest BCUT2D eigenvalue weighted by Gasteiger charge is 2.26. The Morgan fingerprint density at radius 2 is 2.60 bits per heavy atom. The third-order valence-corrected chi connectivity index (χ3v) is 4.61. The first-order valence-corrected chi connectivity index (χ1v) is 7.32. The van der Waals surface area contributed by atoms with Gasteiger partial charge in [-0.15, -0.1) is 11.3 Å². The predicted octanol–water partition coefficient (Wildman–Crippen LogP) is 3.04. The monoisotopic (exact) mass is 337 g/mol. The molecule has 1 aromatic rings. The summed E-state index contributed by atoms with van der Waals surface area (Å²) in [6.07, 6.45) is 1.18. The molecule has 0 aliphatic carbocycles. The van der Waals surface area contributed by atoms with Crippen molar-refractivity contribution in [3.63, 3.8) is 0 Å². The van der Waals surface area contributed by atoms with Crippen LogP contribution in [-0.4, -0.2) is 19.8 Å². The van der Waals surface area contributed by atoms with Crippen LogP contribution in [0.3, 0.4) is 0 Å². The van der Waals surface area contributed by atoms with Gasteiger partial charge in [0, 0.05) is 18.6 Å². The Morgan fingerprint density at radius 1 is 1.73 bits per heavy atom. The van der Waals surface area contributed by atoms with E-state index in [2.05, 4.69) is 46.3 Å². The number of ether oxygens (including phenoxy) is 1. The summed E-state index contributed by atoms with van der Waals surface area (Å²) in [6.45, 7) is 5.02. The molecule has 1 aliphatic heterocycles. The van der Waals surface area contributed by atoms with Gasteiger partial charge in [-0.1, -0.05) is 6.92 Å². The minimum Gasteiger partial charge on any atom is -0.381 e. The van der Waals surface area contributed by atoms with Gasteiger partial charge in [0.1, 0.15) is 0 Å². The minimum atomic E-state index is 0.484. The van der Waals surface area contributed by atoms with Crippen molar-refractivity contribution in [3.8, 4) is 0 Å². The van der Waals surface area contributed by atoms with Crippen molar-refractivity contribution >= 4 is 33.9 Å². The van der Waals surface area contributed by atoms with Crippen LogP contribution in [0.25, 0.3) is 0 Å². The second-order valence-corrected chi connectivity index (χ2v) is 6.65. The van der Waals surface area contributed by atoms with E-state index in [1.54, 1.807) is 0 Å². The fourth-order valence-electron chi connectivity index (χ4n) is 2.08. The summed E-state index contributed by atoms with van der Waals surface area (Å²) >= 11 is 4.21. The topological polar surface area (TPSA) is 21.3 Å². The van der Waals surface area contributed by atoms with Crippen molar-refractivity contribution in [1.29, 1.82) is 0 Å². The minimum absolute atomic E-state index is 0.484. The van der Waals surface area contributed by atoms with Gasteiger partial charge in [-0.2, -0.15) is 0 Å². The summed E-state index contributed by atoms with van der Waals surface area (Å²) in [5.74, 6) is 0.648. The Hall–Kier alpha value is 0.350. The van der Waals surface area contributed by atoms with Gasteiger partial charge in [-0.25, -0.2) is 0 Å². The first-order valence-electron chi connectivity index (χ1n) is 5.36. The highest BCUT2D eigenvalue weighted by Crippen LogP contribution is 2.31. The van der Waals surface area contributed by atoms with E-state index in [0.717, 1.165) is 19.8 Å². The standard InChI is InChI=1S/C11H16INOS/c1-2-13-11(8-3-4-14-6-8)9-5-10(12)15-7-9/h5,7-8,11,13H,2-4,6H2,1H3. The van der Waals surface area contributed by atoms with Crippen molar-refractivity contribution in [3.05, 3.63) is 19.9 Å². The van der Waals surface area contributed by atoms with E-state index in [-0.39, 0.29) is 0 Å². The molecule has 2 atom stereocenters. The fraction of sp³-hybridized carbons (Fsp3) is 0.636. The van der Waals surface area contributed by atoms with Crippen LogP contribution >= 0.6 is 33.9 Å². The molecule has 0 spiro atoms. The molecule has 2 rings (SSSR count). The lowest BCUT2D eigenvalue weighted by atomic mass is 9.94. The molecule has 2 heterocycles. The Kier molecular flexibility index (Phi) is 4.42. The average molecular weight is 337 g/mol. The Balaban J connectivity index is 2.11. The van der Waals surface area contributed by atoms with E-state index in [1.807, 2.05) is 11.3 Å². The molecule has 1 N–H and O–H groups in total. The van der Waals surface area contributed by atoms with Gasteiger partial charge in [0.2, 0.25) is 0 Å². The van der Waals surface area contributed by atoms with Crippen LogP contribution in [0.2, 0.25) is 0 Å². The highest BCUT2D eigenvalue weighted by molar-refractivity contribution is 14.1. The SMILES string of the molecule is CCNC(c1csc(I)c1)C1CCOC1. The van der Waals surface area contributed by atoms with E-state index in [9.17, 15) is 0 Å². The van der Waals surface area contributed by atoms with E-state index in [0.29, 0.717) is 12.0 Å². The summed E-state index contributed by atoms with van der Waals surface area (Å²) in [4.78, 5) is 0. The summed E-state index contributed by atoms with van der Waals surface area (Å²) in [7, 11) is 0. The molecule has 1 aromatic heterocycles. The highest BCUT2D eigenvalue weighted by atomic mass is 127. The molecule has 1 saturated heterocycles. The van der Waals surface area contributed by atoms with Crippen LogP contribution in [-0.2, 0) is 4.74 Å².